The molecule has 2 aliphatic rings. The number of hydrogen-bond acceptors (Lipinski definition) is 2. The topological polar surface area (TPSA) is 29.5 Å². The number of amides is 1. The van der Waals surface area contributed by atoms with Crippen molar-refractivity contribution in [2.24, 2.45) is 0 Å². The van der Waals surface area contributed by atoms with Crippen LogP contribution in [0.25, 0.3) is 0 Å². The number of carbonyl (C=O) groups excluding carboxylic acids is 1. The van der Waals surface area contributed by atoms with Gasteiger partial charge in [0.25, 0.3) is 0 Å². The van der Waals surface area contributed by atoms with Crippen LogP contribution in [0.15, 0.2) is 18.2 Å². The molecule has 0 saturated carbocycles. The first kappa shape index (κ1) is 14.6. The quantitative estimate of drug-likeness (QED) is 0.834. The molecule has 1 unspecified atom stereocenters. The van der Waals surface area contributed by atoms with E-state index in [0.29, 0.717) is 6.42 Å². The maximum Gasteiger partial charge on any atom is 0.222 e. The Hall–Kier alpha value is -1.35. The monoisotopic (exact) mass is 287 g/mol. The highest BCUT2D eigenvalue weighted by molar-refractivity contribution is 5.76. The Balaban J connectivity index is 1.69. The molecule has 2 fully saturated rings. The predicted molar refractivity (Wildman–Crippen MR) is 83.1 cm³/mol. The van der Waals surface area contributed by atoms with Crippen LogP contribution in [0.1, 0.15) is 48.8 Å². The minimum absolute atomic E-state index is 0.00635. The molecule has 3 heteroatoms. The van der Waals surface area contributed by atoms with E-state index in [1.165, 1.54) is 16.7 Å². The lowest BCUT2D eigenvalue weighted by atomic mass is 9.92. The van der Waals surface area contributed by atoms with Crippen molar-refractivity contribution in [3.8, 4) is 0 Å². The summed E-state index contributed by atoms with van der Waals surface area (Å²) in [7, 11) is 0. The van der Waals surface area contributed by atoms with Gasteiger partial charge in [0.2, 0.25) is 5.91 Å². The van der Waals surface area contributed by atoms with Crippen molar-refractivity contribution in [2.45, 2.75) is 58.1 Å². The van der Waals surface area contributed by atoms with Gasteiger partial charge < -0.3 is 9.64 Å². The molecule has 1 spiro atoms. The van der Waals surface area contributed by atoms with Gasteiger partial charge >= 0.3 is 0 Å². The Labute approximate surface area is 127 Å². The second-order valence-electron chi connectivity index (χ2n) is 6.62. The van der Waals surface area contributed by atoms with E-state index in [1.807, 2.05) is 4.90 Å². The highest BCUT2D eigenvalue weighted by Crippen LogP contribution is 2.36. The smallest absolute Gasteiger partial charge is 0.222 e. The summed E-state index contributed by atoms with van der Waals surface area (Å²) in [6, 6.07) is 6.49. The third-order valence-electron chi connectivity index (χ3n) is 5.11. The van der Waals surface area contributed by atoms with E-state index in [2.05, 4.69) is 32.0 Å². The highest BCUT2D eigenvalue weighted by atomic mass is 16.5. The van der Waals surface area contributed by atoms with E-state index in [1.54, 1.807) is 0 Å². The molecule has 1 aromatic carbocycles. The first-order chi connectivity index (χ1) is 10.1. The van der Waals surface area contributed by atoms with Crippen molar-refractivity contribution in [3.63, 3.8) is 0 Å². The molecule has 0 aromatic heterocycles. The summed E-state index contributed by atoms with van der Waals surface area (Å²) in [5.74, 6) is 0.278. The number of carbonyl (C=O) groups is 1. The predicted octanol–water partition coefficient (Wildman–Crippen LogP) is 3.37. The average molecular weight is 287 g/mol. The molecular weight excluding hydrogens is 262 g/mol. The van der Waals surface area contributed by atoms with Crippen LogP contribution >= 0.6 is 0 Å². The molecule has 2 saturated heterocycles. The fourth-order valence-electron chi connectivity index (χ4n) is 3.52. The third-order valence-corrected chi connectivity index (χ3v) is 5.11. The molecule has 2 aliphatic heterocycles. The molecule has 2 heterocycles. The number of rotatable bonds is 2. The van der Waals surface area contributed by atoms with E-state index in [9.17, 15) is 4.79 Å². The molecular formula is C18H25NO2. The van der Waals surface area contributed by atoms with E-state index < -0.39 is 0 Å². The van der Waals surface area contributed by atoms with Gasteiger partial charge in [-0.1, -0.05) is 18.2 Å². The van der Waals surface area contributed by atoms with Crippen LogP contribution in [-0.4, -0.2) is 29.6 Å². The maximum absolute atomic E-state index is 12.4. The van der Waals surface area contributed by atoms with Crippen LogP contribution in [0, 0.1) is 13.8 Å². The lowest BCUT2D eigenvalue weighted by molar-refractivity contribution is -0.131. The number of likely N-dealkylation sites (tertiary alicyclic amines) is 1. The Morgan fingerprint density at radius 2 is 2.05 bits per heavy atom. The summed E-state index contributed by atoms with van der Waals surface area (Å²) in [4.78, 5) is 14.4. The molecule has 1 amide bonds. The van der Waals surface area contributed by atoms with Gasteiger partial charge in [-0.3, -0.25) is 4.79 Å². The summed E-state index contributed by atoms with van der Waals surface area (Å²) in [5.41, 5.74) is 3.83. The number of aryl methyl sites for hydroxylation is 2. The molecule has 0 N–H and O–H groups in total. The minimum Gasteiger partial charge on any atom is -0.375 e. The minimum atomic E-state index is -0.00635. The first-order valence-electron chi connectivity index (χ1n) is 8.06. The summed E-state index contributed by atoms with van der Waals surface area (Å²) in [5, 5.41) is 0. The summed E-state index contributed by atoms with van der Waals surface area (Å²) >= 11 is 0. The SMILES string of the molecule is Cc1ccc(CN2CCC3(CCCO3)CCC2=O)cc1C. The molecule has 21 heavy (non-hydrogen) atoms. The summed E-state index contributed by atoms with van der Waals surface area (Å²) < 4.78 is 5.96. The maximum atomic E-state index is 12.4. The third kappa shape index (κ3) is 3.13. The van der Waals surface area contributed by atoms with Gasteiger partial charge in [-0.25, -0.2) is 0 Å². The van der Waals surface area contributed by atoms with Crippen LogP contribution in [-0.2, 0) is 16.1 Å². The van der Waals surface area contributed by atoms with Crippen LogP contribution in [0.5, 0.6) is 0 Å². The molecule has 3 nitrogen and oxygen atoms in total. The fourth-order valence-corrected chi connectivity index (χ4v) is 3.52. The van der Waals surface area contributed by atoms with E-state index in [0.717, 1.165) is 45.4 Å². The van der Waals surface area contributed by atoms with Crippen molar-refractivity contribution in [3.05, 3.63) is 34.9 Å². The molecule has 114 valence electrons. The van der Waals surface area contributed by atoms with Crippen LogP contribution in [0.2, 0.25) is 0 Å². The first-order valence-corrected chi connectivity index (χ1v) is 8.06. The Morgan fingerprint density at radius 3 is 2.76 bits per heavy atom. The normalized spacial score (nSPS) is 26.4. The Kier molecular flexibility index (Phi) is 4.03. The van der Waals surface area contributed by atoms with Gasteiger partial charge in [0.1, 0.15) is 0 Å². The van der Waals surface area contributed by atoms with E-state index >= 15 is 0 Å². The van der Waals surface area contributed by atoms with Crippen molar-refractivity contribution in [2.75, 3.05) is 13.2 Å². The molecule has 0 aliphatic carbocycles. The van der Waals surface area contributed by atoms with Gasteiger partial charge in [-0.05, 0) is 56.2 Å². The second-order valence-corrected chi connectivity index (χ2v) is 6.62. The van der Waals surface area contributed by atoms with Crippen LogP contribution in [0.4, 0.5) is 0 Å². The highest BCUT2D eigenvalue weighted by Gasteiger charge is 2.38. The van der Waals surface area contributed by atoms with Gasteiger partial charge in [0.05, 0.1) is 5.60 Å². The lowest BCUT2D eigenvalue weighted by Gasteiger charge is -2.26. The van der Waals surface area contributed by atoms with E-state index in [-0.39, 0.29) is 11.5 Å². The zero-order valence-corrected chi connectivity index (χ0v) is 13.2. The zero-order valence-electron chi connectivity index (χ0n) is 13.2. The Morgan fingerprint density at radius 1 is 1.19 bits per heavy atom. The zero-order chi connectivity index (χ0) is 14.9. The lowest BCUT2D eigenvalue weighted by Crippen LogP contribution is -2.32. The molecule has 0 radical (unpaired) electrons. The molecule has 1 aromatic rings. The van der Waals surface area contributed by atoms with Crippen molar-refractivity contribution in [1.29, 1.82) is 0 Å². The summed E-state index contributed by atoms with van der Waals surface area (Å²) in [6.07, 6.45) is 4.78. The summed E-state index contributed by atoms with van der Waals surface area (Å²) in [6.45, 7) is 6.68. The molecule has 1 atom stereocenters. The van der Waals surface area contributed by atoms with Crippen LogP contribution in [0.3, 0.4) is 0 Å². The molecule has 0 bridgehead atoms. The standard InChI is InChI=1S/C18H25NO2/c1-14-4-5-16(12-15(14)2)13-19-10-9-18(7-3-11-21-18)8-6-17(19)20/h4-5,12H,3,6-11,13H2,1-2H3. The largest absolute Gasteiger partial charge is 0.375 e. The van der Waals surface area contributed by atoms with Gasteiger partial charge in [-0.2, -0.15) is 0 Å². The fraction of sp³-hybridized carbons (Fsp3) is 0.611. The molecule has 3 rings (SSSR count). The second kappa shape index (κ2) is 5.80. The van der Waals surface area contributed by atoms with E-state index in [4.69, 9.17) is 4.74 Å². The van der Waals surface area contributed by atoms with Gasteiger partial charge in [0, 0.05) is 26.1 Å². The number of ether oxygens (including phenoxy) is 1. The number of benzene rings is 1. The Bertz CT molecular complexity index is 532. The number of nitrogens with zero attached hydrogens (tertiary/aromatic N) is 1. The number of hydrogen-bond donors (Lipinski definition) is 0. The van der Waals surface area contributed by atoms with Crippen molar-refractivity contribution in [1.82, 2.24) is 4.90 Å². The van der Waals surface area contributed by atoms with Gasteiger partial charge in [-0.15, -0.1) is 0 Å². The van der Waals surface area contributed by atoms with Gasteiger partial charge in [0.15, 0.2) is 0 Å². The average Bonchev–Trinajstić information content (AvgIpc) is 2.88. The van der Waals surface area contributed by atoms with Crippen LogP contribution < -0.4 is 0 Å². The van der Waals surface area contributed by atoms with Crippen molar-refractivity contribution >= 4 is 5.91 Å². The van der Waals surface area contributed by atoms with Crippen molar-refractivity contribution < 1.29 is 9.53 Å².